The number of nitrogens with one attached hydrogen (secondary N) is 1. The molecule has 0 bridgehead atoms. The van der Waals surface area contributed by atoms with E-state index < -0.39 is 0 Å². The molecule has 0 spiro atoms. The number of piperidine rings is 1. The van der Waals surface area contributed by atoms with E-state index in [4.69, 9.17) is 0 Å². The molecular weight excluding hydrogens is 276 g/mol. The lowest BCUT2D eigenvalue weighted by Gasteiger charge is -2.31. The fraction of sp³-hybridized carbons (Fsp3) is 0.417. The predicted molar refractivity (Wildman–Crippen MR) is 75.5 cm³/mol. The van der Waals surface area contributed by atoms with Gasteiger partial charge in [-0.15, -0.1) is 10.2 Å². The summed E-state index contributed by atoms with van der Waals surface area (Å²) in [4.78, 5) is 22.6. The summed E-state index contributed by atoms with van der Waals surface area (Å²) in [6.45, 7) is 1.62. The molecule has 2 aromatic rings. The Morgan fingerprint density at radius 1 is 1.35 bits per heavy atom. The van der Waals surface area contributed by atoms with Crippen LogP contribution in [0.3, 0.4) is 0 Å². The number of carbonyl (C=O) groups is 1. The molecule has 2 aromatic heterocycles. The van der Waals surface area contributed by atoms with E-state index >= 15 is 0 Å². The Morgan fingerprint density at radius 2 is 2.20 bits per heavy atom. The van der Waals surface area contributed by atoms with Gasteiger partial charge in [-0.3, -0.25) is 9.78 Å². The molecule has 8 heteroatoms. The van der Waals surface area contributed by atoms with E-state index in [9.17, 15) is 4.79 Å². The quantitative estimate of drug-likeness (QED) is 0.914. The number of carbonyl (C=O) groups excluding carboxylic acids is 1. The molecular formula is C12H14N6OS. The largest absolute Gasteiger partial charge is 0.355 e. The summed E-state index contributed by atoms with van der Waals surface area (Å²) in [6, 6.07) is 0. The molecule has 1 aliphatic heterocycles. The molecule has 7 nitrogen and oxygen atoms in total. The van der Waals surface area contributed by atoms with Crippen molar-refractivity contribution in [3.63, 3.8) is 0 Å². The highest BCUT2D eigenvalue weighted by atomic mass is 32.1. The topological polar surface area (TPSA) is 83.9 Å². The molecule has 1 aliphatic rings. The summed E-state index contributed by atoms with van der Waals surface area (Å²) in [7, 11) is 0. The second-order valence-corrected chi connectivity index (χ2v) is 5.39. The zero-order chi connectivity index (χ0) is 13.8. The summed E-state index contributed by atoms with van der Waals surface area (Å²) < 4.78 is 0. The fourth-order valence-corrected chi connectivity index (χ4v) is 2.71. The van der Waals surface area contributed by atoms with E-state index in [0.29, 0.717) is 5.13 Å². The van der Waals surface area contributed by atoms with Crippen LogP contribution in [0, 0.1) is 5.92 Å². The molecule has 0 atom stereocenters. The first-order valence-electron chi connectivity index (χ1n) is 6.41. The summed E-state index contributed by atoms with van der Waals surface area (Å²) in [5, 5.41) is 10.9. The predicted octanol–water partition coefficient (Wildman–Crippen LogP) is 1.18. The van der Waals surface area contributed by atoms with E-state index in [1.54, 1.807) is 24.1 Å². The SMILES string of the molecule is O=C(Nc1nncs1)C1CCN(c2cnccn2)CC1. The molecule has 1 fully saturated rings. The van der Waals surface area contributed by atoms with Gasteiger partial charge in [-0.25, -0.2) is 4.98 Å². The van der Waals surface area contributed by atoms with Crippen molar-refractivity contribution in [2.24, 2.45) is 5.92 Å². The van der Waals surface area contributed by atoms with Crippen molar-refractivity contribution < 1.29 is 4.79 Å². The Kier molecular flexibility index (Phi) is 3.82. The van der Waals surface area contributed by atoms with Gasteiger partial charge in [0.15, 0.2) is 0 Å². The summed E-state index contributed by atoms with van der Waals surface area (Å²) >= 11 is 1.33. The Balaban J connectivity index is 1.54. The van der Waals surface area contributed by atoms with Crippen LogP contribution in [0.4, 0.5) is 10.9 Å². The minimum Gasteiger partial charge on any atom is -0.355 e. The van der Waals surface area contributed by atoms with Gasteiger partial charge >= 0.3 is 0 Å². The number of amides is 1. The number of nitrogens with zero attached hydrogens (tertiary/aromatic N) is 5. The van der Waals surface area contributed by atoms with E-state index in [1.165, 1.54) is 11.3 Å². The monoisotopic (exact) mass is 290 g/mol. The van der Waals surface area contributed by atoms with Gasteiger partial charge in [0.25, 0.3) is 0 Å². The number of anilines is 2. The lowest BCUT2D eigenvalue weighted by Crippen LogP contribution is -2.38. The molecule has 1 saturated heterocycles. The second kappa shape index (κ2) is 5.91. The average molecular weight is 290 g/mol. The van der Waals surface area contributed by atoms with Crippen LogP contribution < -0.4 is 10.2 Å². The summed E-state index contributed by atoms with van der Waals surface area (Å²) in [5.74, 6) is 0.919. The number of rotatable bonds is 3. The Bertz CT molecular complexity index is 553. The fourth-order valence-electron chi connectivity index (χ4n) is 2.26. The molecule has 3 rings (SSSR count). The zero-order valence-corrected chi connectivity index (χ0v) is 11.6. The smallest absolute Gasteiger partial charge is 0.229 e. The van der Waals surface area contributed by atoms with Crippen LogP contribution in [-0.2, 0) is 4.79 Å². The highest BCUT2D eigenvalue weighted by Crippen LogP contribution is 2.22. The van der Waals surface area contributed by atoms with Gasteiger partial charge in [-0.05, 0) is 12.8 Å². The first kappa shape index (κ1) is 12.9. The molecule has 1 N–H and O–H groups in total. The van der Waals surface area contributed by atoms with Crippen molar-refractivity contribution in [2.75, 3.05) is 23.3 Å². The average Bonchev–Trinajstić information content (AvgIpc) is 3.01. The van der Waals surface area contributed by atoms with E-state index in [0.717, 1.165) is 31.7 Å². The van der Waals surface area contributed by atoms with Crippen molar-refractivity contribution in [3.05, 3.63) is 24.1 Å². The Labute approximate surface area is 120 Å². The number of hydrogen-bond acceptors (Lipinski definition) is 7. The third-order valence-electron chi connectivity index (χ3n) is 3.33. The molecule has 0 radical (unpaired) electrons. The van der Waals surface area contributed by atoms with E-state index in [1.807, 2.05) is 0 Å². The number of hydrogen-bond donors (Lipinski definition) is 1. The zero-order valence-electron chi connectivity index (χ0n) is 10.8. The lowest BCUT2D eigenvalue weighted by atomic mass is 9.96. The Morgan fingerprint density at radius 3 is 2.85 bits per heavy atom. The van der Waals surface area contributed by atoms with Crippen molar-refractivity contribution >= 4 is 28.2 Å². The second-order valence-electron chi connectivity index (χ2n) is 4.56. The highest BCUT2D eigenvalue weighted by molar-refractivity contribution is 7.13. The minimum atomic E-state index is 0.0202. The molecule has 0 saturated carbocycles. The molecule has 1 amide bonds. The summed E-state index contributed by atoms with van der Waals surface area (Å²) in [5.41, 5.74) is 1.60. The third-order valence-corrected chi connectivity index (χ3v) is 3.94. The molecule has 0 unspecified atom stereocenters. The van der Waals surface area contributed by atoms with Gasteiger partial charge < -0.3 is 10.2 Å². The maximum absolute atomic E-state index is 12.1. The molecule has 0 aromatic carbocycles. The van der Waals surface area contributed by atoms with Crippen LogP contribution in [0.5, 0.6) is 0 Å². The van der Waals surface area contributed by atoms with Gasteiger partial charge in [0.05, 0.1) is 6.20 Å². The van der Waals surface area contributed by atoms with Crippen LogP contribution in [0.15, 0.2) is 24.1 Å². The number of aromatic nitrogens is 4. The van der Waals surface area contributed by atoms with Crippen LogP contribution in [-0.4, -0.2) is 39.2 Å². The Hall–Kier alpha value is -2.09. The van der Waals surface area contributed by atoms with Gasteiger partial charge in [0, 0.05) is 31.4 Å². The van der Waals surface area contributed by atoms with E-state index in [2.05, 4.69) is 30.4 Å². The maximum atomic E-state index is 12.1. The minimum absolute atomic E-state index is 0.0202. The van der Waals surface area contributed by atoms with Gasteiger partial charge in [-0.1, -0.05) is 11.3 Å². The molecule has 3 heterocycles. The third kappa shape index (κ3) is 2.90. The van der Waals surface area contributed by atoms with Crippen LogP contribution in [0.25, 0.3) is 0 Å². The highest BCUT2D eigenvalue weighted by Gasteiger charge is 2.26. The van der Waals surface area contributed by atoms with E-state index in [-0.39, 0.29) is 11.8 Å². The van der Waals surface area contributed by atoms with Crippen LogP contribution in [0.2, 0.25) is 0 Å². The first-order valence-corrected chi connectivity index (χ1v) is 7.29. The standard InChI is InChI=1S/C12H14N6OS/c19-11(16-12-17-15-8-20-12)9-1-5-18(6-2-9)10-7-13-3-4-14-10/h3-4,7-9H,1-2,5-6H2,(H,16,17,19). The maximum Gasteiger partial charge on any atom is 0.229 e. The van der Waals surface area contributed by atoms with Crippen molar-refractivity contribution in [1.82, 2.24) is 20.2 Å². The van der Waals surface area contributed by atoms with Crippen molar-refractivity contribution in [3.8, 4) is 0 Å². The normalized spacial score (nSPS) is 16.1. The van der Waals surface area contributed by atoms with Crippen molar-refractivity contribution in [2.45, 2.75) is 12.8 Å². The summed E-state index contributed by atoms with van der Waals surface area (Å²) in [6.07, 6.45) is 6.71. The molecule has 20 heavy (non-hydrogen) atoms. The van der Waals surface area contributed by atoms with Gasteiger partial charge in [0.1, 0.15) is 11.3 Å². The lowest BCUT2D eigenvalue weighted by molar-refractivity contribution is -0.120. The van der Waals surface area contributed by atoms with Gasteiger partial charge in [-0.2, -0.15) is 0 Å². The van der Waals surface area contributed by atoms with Gasteiger partial charge in [0.2, 0.25) is 11.0 Å². The first-order chi connectivity index (χ1) is 9.83. The van der Waals surface area contributed by atoms with Crippen molar-refractivity contribution in [1.29, 1.82) is 0 Å². The molecule has 0 aliphatic carbocycles. The van der Waals surface area contributed by atoms with Crippen LogP contribution in [0.1, 0.15) is 12.8 Å². The molecule has 104 valence electrons. The van der Waals surface area contributed by atoms with Crippen LogP contribution >= 0.6 is 11.3 Å².